The van der Waals surface area contributed by atoms with Gasteiger partial charge < -0.3 is 9.64 Å². The summed E-state index contributed by atoms with van der Waals surface area (Å²) >= 11 is 6.03. The number of benzene rings is 1. The number of pyridine rings is 1. The molecule has 2 fully saturated rings. The number of halogens is 1. The molecule has 1 saturated heterocycles. The normalized spacial score (nSPS) is 22.3. The number of aromatic nitrogens is 1. The maximum Gasteiger partial charge on any atom is 0.339 e. The molecule has 1 aliphatic carbocycles. The zero-order valence-electron chi connectivity index (χ0n) is 15.2. The molecule has 0 bridgehead atoms. The number of carbonyl (C=O) groups is 2. The Kier molecular flexibility index (Phi) is 5.30. The second-order valence-electron chi connectivity index (χ2n) is 7.43. The number of ether oxygens (including phenoxy) is 1. The highest BCUT2D eigenvalue weighted by Crippen LogP contribution is 2.35. The number of amides is 1. The third-order valence-corrected chi connectivity index (χ3v) is 5.99. The van der Waals surface area contributed by atoms with Gasteiger partial charge in [0.1, 0.15) is 5.15 Å². The molecule has 6 heteroatoms. The molecule has 2 aliphatic rings. The summed E-state index contributed by atoms with van der Waals surface area (Å²) in [6, 6.07) is 9.07. The number of esters is 1. The lowest BCUT2D eigenvalue weighted by Crippen LogP contribution is -2.50. The number of hydrogen-bond acceptors (Lipinski definition) is 4. The second-order valence-corrected chi connectivity index (χ2v) is 7.81. The number of fused-ring (bicyclic) bond motifs is 2. The number of para-hydroxylation sites is 1. The fourth-order valence-electron chi connectivity index (χ4n) is 4.53. The van der Waals surface area contributed by atoms with Crippen LogP contribution in [-0.4, -0.2) is 41.0 Å². The van der Waals surface area contributed by atoms with Gasteiger partial charge in [-0.1, -0.05) is 42.6 Å². The predicted molar refractivity (Wildman–Crippen MR) is 104 cm³/mol. The van der Waals surface area contributed by atoms with Crippen LogP contribution >= 0.6 is 11.6 Å². The number of nitrogens with zero attached hydrogens (tertiary/aromatic N) is 2. The molecule has 2 heterocycles. The SMILES string of the molecule is O=C(OCC(=O)N1CCC[C@@H]2CCCC[C@@H]21)c1cc(Cl)nc2ccccc12. The van der Waals surface area contributed by atoms with E-state index < -0.39 is 5.97 Å². The zero-order chi connectivity index (χ0) is 18.8. The van der Waals surface area contributed by atoms with Crippen LogP contribution in [0.1, 0.15) is 48.9 Å². The summed E-state index contributed by atoms with van der Waals surface area (Å²) in [6.45, 7) is 0.540. The Labute approximate surface area is 163 Å². The van der Waals surface area contributed by atoms with E-state index in [9.17, 15) is 9.59 Å². The topological polar surface area (TPSA) is 59.5 Å². The van der Waals surface area contributed by atoms with Gasteiger partial charge in [-0.3, -0.25) is 4.79 Å². The van der Waals surface area contributed by atoms with Crippen molar-refractivity contribution in [2.24, 2.45) is 5.92 Å². The second kappa shape index (κ2) is 7.85. The first-order valence-corrected chi connectivity index (χ1v) is 10.0. The molecule has 1 aliphatic heterocycles. The van der Waals surface area contributed by atoms with E-state index in [0.717, 1.165) is 19.4 Å². The van der Waals surface area contributed by atoms with Crippen LogP contribution < -0.4 is 0 Å². The minimum atomic E-state index is -0.541. The number of hydrogen-bond donors (Lipinski definition) is 0. The average molecular weight is 387 g/mol. The molecule has 2 aromatic rings. The van der Waals surface area contributed by atoms with Gasteiger partial charge in [0.05, 0.1) is 11.1 Å². The number of piperidine rings is 1. The van der Waals surface area contributed by atoms with Crippen molar-refractivity contribution in [3.05, 3.63) is 41.0 Å². The zero-order valence-corrected chi connectivity index (χ0v) is 16.0. The fraction of sp³-hybridized carbons (Fsp3) is 0.476. The van der Waals surface area contributed by atoms with Crippen molar-refractivity contribution >= 4 is 34.4 Å². The largest absolute Gasteiger partial charge is 0.452 e. The maximum atomic E-state index is 12.7. The molecule has 0 N–H and O–H groups in total. The summed E-state index contributed by atoms with van der Waals surface area (Å²) in [5.74, 6) is -0.0273. The van der Waals surface area contributed by atoms with Gasteiger partial charge in [0.25, 0.3) is 5.91 Å². The van der Waals surface area contributed by atoms with Crippen LogP contribution in [0.4, 0.5) is 0 Å². The summed E-state index contributed by atoms with van der Waals surface area (Å²) < 4.78 is 5.37. The molecule has 1 aromatic heterocycles. The molecule has 1 aromatic carbocycles. The van der Waals surface area contributed by atoms with E-state index in [0.29, 0.717) is 28.4 Å². The Morgan fingerprint density at radius 3 is 2.81 bits per heavy atom. The summed E-state index contributed by atoms with van der Waals surface area (Å²) in [5, 5.41) is 0.901. The Bertz CT molecular complexity index is 868. The van der Waals surface area contributed by atoms with Crippen LogP contribution in [0.3, 0.4) is 0 Å². The Balaban J connectivity index is 1.45. The van der Waals surface area contributed by atoms with E-state index >= 15 is 0 Å². The molecule has 4 rings (SSSR count). The molecular weight excluding hydrogens is 364 g/mol. The van der Waals surface area contributed by atoms with Crippen LogP contribution in [0, 0.1) is 5.92 Å². The predicted octanol–water partition coefficient (Wildman–Crippen LogP) is 4.23. The molecule has 0 spiro atoms. The molecule has 1 amide bonds. The molecule has 142 valence electrons. The van der Waals surface area contributed by atoms with Crippen molar-refractivity contribution < 1.29 is 14.3 Å². The minimum Gasteiger partial charge on any atom is -0.452 e. The molecule has 5 nitrogen and oxygen atoms in total. The fourth-order valence-corrected chi connectivity index (χ4v) is 4.73. The molecule has 1 saturated carbocycles. The van der Waals surface area contributed by atoms with Gasteiger partial charge in [0, 0.05) is 18.0 Å². The Morgan fingerprint density at radius 1 is 1.15 bits per heavy atom. The Hall–Kier alpha value is -2.14. The van der Waals surface area contributed by atoms with Gasteiger partial charge in [-0.05, 0) is 43.7 Å². The number of rotatable bonds is 3. The van der Waals surface area contributed by atoms with Gasteiger partial charge in [-0.25, -0.2) is 9.78 Å². The van der Waals surface area contributed by atoms with Crippen molar-refractivity contribution in [1.29, 1.82) is 0 Å². The smallest absolute Gasteiger partial charge is 0.339 e. The van der Waals surface area contributed by atoms with E-state index in [1.165, 1.54) is 31.7 Å². The maximum absolute atomic E-state index is 12.7. The molecule has 2 atom stereocenters. The number of carbonyl (C=O) groups excluding carboxylic acids is 2. The minimum absolute atomic E-state index is 0.0931. The number of likely N-dealkylation sites (tertiary alicyclic amines) is 1. The summed E-state index contributed by atoms with van der Waals surface area (Å²) in [5.41, 5.74) is 0.969. The van der Waals surface area contributed by atoms with Gasteiger partial charge >= 0.3 is 5.97 Å². The monoisotopic (exact) mass is 386 g/mol. The lowest BCUT2D eigenvalue weighted by Gasteiger charge is -2.44. The van der Waals surface area contributed by atoms with Crippen molar-refractivity contribution in [2.75, 3.05) is 13.2 Å². The standard InChI is InChI=1S/C21H23ClN2O3/c22-19-12-16(15-8-2-3-9-17(15)23-19)21(26)27-13-20(25)24-11-5-7-14-6-1-4-10-18(14)24/h2-3,8-9,12,14,18H,1,4-7,10-11,13H2/t14-,18-/m0/s1. The summed E-state index contributed by atoms with van der Waals surface area (Å²) in [6.07, 6.45) is 6.94. The Morgan fingerprint density at radius 2 is 1.93 bits per heavy atom. The first-order valence-electron chi connectivity index (χ1n) is 9.65. The average Bonchev–Trinajstić information content (AvgIpc) is 2.70. The lowest BCUT2D eigenvalue weighted by atomic mass is 9.78. The first kappa shape index (κ1) is 18.2. The van der Waals surface area contributed by atoms with Crippen molar-refractivity contribution in [1.82, 2.24) is 9.88 Å². The summed E-state index contributed by atoms with van der Waals surface area (Å²) in [7, 11) is 0. The summed E-state index contributed by atoms with van der Waals surface area (Å²) in [4.78, 5) is 31.5. The van der Waals surface area contributed by atoms with Crippen LogP contribution in [0.15, 0.2) is 30.3 Å². The van der Waals surface area contributed by atoms with Crippen LogP contribution in [0.2, 0.25) is 5.15 Å². The molecular formula is C21H23ClN2O3. The lowest BCUT2D eigenvalue weighted by molar-refractivity contribution is -0.140. The molecule has 0 radical (unpaired) electrons. The first-order chi connectivity index (χ1) is 13.1. The van der Waals surface area contributed by atoms with Crippen LogP contribution in [-0.2, 0) is 9.53 Å². The van der Waals surface area contributed by atoms with Crippen molar-refractivity contribution in [2.45, 2.75) is 44.6 Å². The third-order valence-electron chi connectivity index (χ3n) is 5.80. The highest BCUT2D eigenvalue weighted by atomic mass is 35.5. The van der Waals surface area contributed by atoms with E-state index in [4.69, 9.17) is 16.3 Å². The van der Waals surface area contributed by atoms with Crippen molar-refractivity contribution in [3.8, 4) is 0 Å². The van der Waals surface area contributed by atoms with Gasteiger partial charge in [-0.2, -0.15) is 0 Å². The van der Waals surface area contributed by atoms with Gasteiger partial charge in [0.15, 0.2) is 6.61 Å². The van der Waals surface area contributed by atoms with Crippen LogP contribution in [0.5, 0.6) is 0 Å². The van der Waals surface area contributed by atoms with Crippen LogP contribution in [0.25, 0.3) is 10.9 Å². The van der Waals surface area contributed by atoms with E-state index in [-0.39, 0.29) is 17.7 Å². The quantitative estimate of drug-likeness (QED) is 0.585. The molecule has 27 heavy (non-hydrogen) atoms. The van der Waals surface area contributed by atoms with E-state index in [2.05, 4.69) is 4.98 Å². The van der Waals surface area contributed by atoms with E-state index in [1.807, 2.05) is 17.0 Å². The van der Waals surface area contributed by atoms with Gasteiger partial charge in [-0.15, -0.1) is 0 Å². The molecule has 0 unspecified atom stereocenters. The van der Waals surface area contributed by atoms with E-state index in [1.54, 1.807) is 12.1 Å². The highest BCUT2D eigenvalue weighted by Gasteiger charge is 2.35. The van der Waals surface area contributed by atoms with Gasteiger partial charge in [0.2, 0.25) is 0 Å². The highest BCUT2D eigenvalue weighted by molar-refractivity contribution is 6.30. The van der Waals surface area contributed by atoms with Crippen molar-refractivity contribution in [3.63, 3.8) is 0 Å². The third kappa shape index (κ3) is 3.79.